The molecule has 1 aromatic rings. The first-order valence-electron chi connectivity index (χ1n) is 6.42. The largest absolute Gasteiger partial charge is 0.386 e. The lowest BCUT2D eigenvalue weighted by Crippen LogP contribution is -2.14. The molecule has 1 heterocycles. The lowest BCUT2D eigenvalue weighted by Gasteiger charge is -2.14. The maximum absolute atomic E-state index is 9.97. The monoisotopic (exact) mass is 251 g/mol. The van der Waals surface area contributed by atoms with E-state index >= 15 is 0 Å². The summed E-state index contributed by atoms with van der Waals surface area (Å²) in [5.41, 5.74) is 7.46. The van der Waals surface area contributed by atoms with Crippen LogP contribution in [0, 0.1) is 5.92 Å². The van der Waals surface area contributed by atoms with E-state index in [-0.39, 0.29) is 0 Å². The highest BCUT2D eigenvalue weighted by molar-refractivity contribution is 5.23. The molecule has 0 bridgehead atoms. The summed E-state index contributed by atoms with van der Waals surface area (Å²) in [5.74, 6) is 0.483. The zero-order chi connectivity index (χ0) is 12.8. The van der Waals surface area contributed by atoms with Gasteiger partial charge in [-0.15, -0.1) is 0 Å². The second-order valence-corrected chi connectivity index (χ2v) is 4.73. The molecule has 0 aromatic heterocycles. The third-order valence-electron chi connectivity index (χ3n) is 3.25. The normalized spacial score (nSPS) is 21.1. The molecule has 1 aromatic carbocycles. The Bertz CT molecular complexity index is 347. The van der Waals surface area contributed by atoms with Crippen molar-refractivity contribution in [2.75, 3.05) is 26.4 Å². The Hall–Kier alpha value is -0.940. The molecule has 0 saturated carbocycles. The molecule has 1 aliphatic rings. The Morgan fingerprint density at radius 1 is 1.39 bits per heavy atom. The topological polar surface area (TPSA) is 64.7 Å². The van der Waals surface area contributed by atoms with Gasteiger partial charge in [0, 0.05) is 19.1 Å². The third kappa shape index (κ3) is 3.78. The van der Waals surface area contributed by atoms with Crippen molar-refractivity contribution in [1.82, 2.24) is 0 Å². The van der Waals surface area contributed by atoms with Gasteiger partial charge in [0.25, 0.3) is 0 Å². The minimum atomic E-state index is -0.570. The molecule has 0 aliphatic carbocycles. The van der Waals surface area contributed by atoms with Crippen LogP contribution in [0.4, 0.5) is 0 Å². The minimum Gasteiger partial charge on any atom is -0.386 e. The van der Waals surface area contributed by atoms with Crippen LogP contribution in [0.3, 0.4) is 0 Å². The van der Waals surface area contributed by atoms with Gasteiger partial charge in [-0.2, -0.15) is 0 Å². The van der Waals surface area contributed by atoms with E-state index in [0.717, 1.165) is 30.8 Å². The quantitative estimate of drug-likeness (QED) is 0.798. The molecule has 4 heteroatoms. The van der Waals surface area contributed by atoms with E-state index in [1.807, 2.05) is 24.3 Å². The van der Waals surface area contributed by atoms with Gasteiger partial charge in [-0.1, -0.05) is 24.3 Å². The van der Waals surface area contributed by atoms with Crippen molar-refractivity contribution in [3.63, 3.8) is 0 Å². The number of benzene rings is 1. The molecular weight excluding hydrogens is 230 g/mol. The van der Waals surface area contributed by atoms with Crippen LogP contribution in [0.5, 0.6) is 0 Å². The molecule has 0 radical (unpaired) electrons. The standard InChI is InChI=1S/C14H21NO3/c15-7-11-1-3-13(4-2-11)14(16)10-18-9-12-5-6-17-8-12/h1-4,12,14,16H,5-10,15H2. The SMILES string of the molecule is NCc1ccc(C(O)COCC2CCOC2)cc1. The third-order valence-corrected chi connectivity index (χ3v) is 3.25. The summed E-state index contributed by atoms with van der Waals surface area (Å²) >= 11 is 0. The summed E-state index contributed by atoms with van der Waals surface area (Å²) in [6.07, 6.45) is 0.487. The van der Waals surface area contributed by atoms with Gasteiger partial charge in [0.05, 0.1) is 19.8 Å². The molecule has 3 N–H and O–H groups in total. The molecule has 4 nitrogen and oxygen atoms in total. The molecule has 100 valence electrons. The molecule has 2 unspecified atom stereocenters. The summed E-state index contributed by atoms with van der Waals surface area (Å²) in [4.78, 5) is 0. The molecule has 18 heavy (non-hydrogen) atoms. The fourth-order valence-electron chi connectivity index (χ4n) is 2.03. The van der Waals surface area contributed by atoms with Crippen LogP contribution in [0.2, 0.25) is 0 Å². The van der Waals surface area contributed by atoms with Crippen molar-refractivity contribution >= 4 is 0 Å². The van der Waals surface area contributed by atoms with Crippen molar-refractivity contribution in [2.45, 2.75) is 19.1 Å². The van der Waals surface area contributed by atoms with Crippen molar-refractivity contribution in [1.29, 1.82) is 0 Å². The van der Waals surface area contributed by atoms with Crippen LogP contribution in [-0.2, 0) is 16.0 Å². The first-order chi connectivity index (χ1) is 8.79. The summed E-state index contributed by atoms with van der Waals surface area (Å²) < 4.78 is 10.8. The Morgan fingerprint density at radius 3 is 2.78 bits per heavy atom. The van der Waals surface area contributed by atoms with E-state index in [9.17, 15) is 5.11 Å². The van der Waals surface area contributed by atoms with Gasteiger partial charge in [-0.3, -0.25) is 0 Å². The van der Waals surface area contributed by atoms with Crippen LogP contribution in [0.25, 0.3) is 0 Å². The minimum absolute atomic E-state index is 0.332. The first kappa shape index (κ1) is 13.5. The van der Waals surface area contributed by atoms with Crippen LogP contribution < -0.4 is 5.73 Å². The molecule has 1 fully saturated rings. The fourth-order valence-corrected chi connectivity index (χ4v) is 2.03. The van der Waals surface area contributed by atoms with Crippen LogP contribution in [0.1, 0.15) is 23.7 Å². The van der Waals surface area contributed by atoms with E-state index in [4.69, 9.17) is 15.2 Å². The van der Waals surface area contributed by atoms with E-state index < -0.39 is 6.10 Å². The van der Waals surface area contributed by atoms with Gasteiger partial charge in [0.2, 0.25) is 0 Å². The van der Waals surface area contributed by atoms with E-state index in [1.165, 1.54) is 0 Å². The maximum Gasteiger partial charge on any atom is 0.102 e. The van der Waals surface area contributed by atoms with Gasteiger partial charge in [-0.05, 0) is 17.5 Å². The first-order valence-corrected chi connectivity index (χ1v) is 6.42. The highest BCUT2D eigenvalue weighted by Crippen LogP contribution is 2.16. The van der Waals surface area contributed by atoms with Gasteiger partial charge >= 0.3 is 0 Å². The predicted octanol–water partition coefficient (Wildman–Crippen LogP) is 1.23. The molecule has 0 amide bonds. The molecule has 0 spiro atoms. The number of hydrogen-bond acceptors (Lipinski definition) is 4. The number of hydrogen-bond donors (Lipinski definition) is 2. The Kier molecular flexibility index (Phi) is 5.13. The lowest BCUT2D eigenvalue weighted by molar-refractivity contribution is 0.0185. The van der Waals surface area contributed by atoms with Crippen LogP contribution in [0.15, 0.2) is 24.3 Å². The number of nitrogens with two attached hydrogens (primary N) is 1. The smallest absolute Gasteiger partial charge is 0.102 e. The lowest BCUT2D eigenvalue weighted by atomic mass is 10.1. The number of rotatable bonds is 6. The fraction of sp³-hybridized carbons (Fsp3) is 0.571. The summed E-state index contributed by atoms with van der Waals surface area (Å²) in [6.45, 7) is 3.13. The highest BCUT2D eigenvalue weighted by atomic mass is 16.5. The molecule has 2 rings (SSSR count). The van der Waals surface area contributed by atoms with Crippen molar-refractivity contribution in [2.24, 2.45) is 11.7 Å². The average molecular weight is 251 g/mol. The molecule has 1 aliphatic heterocycles. The number of ether oxygens (including phenoxy) is 2. The Labute approximate surface area is 108 Å². The zero-order valence-electron chi connectivity index (χ0n) is 10.5. The van der Waals surface area contributed by atoms with Gasteiger partial charge in [0.15, 0.2) is 0 Å². The number of aliphatic hydroxyl groups excluding tert-OH is 1. The summed E-state index contributed by atoms with van der Waals surface area (Å²) in [6, 6.07) is 7.66. The highest BCUT2D eigenvalue weighted by Gasteiger charge is 2.16. The molecule has 1 saturated heterocycles. The van der Waals surface area contributed by atoms with E-state index in [1.54, 1.807) is 0 Å². The van der Waals surface area contributed by atoms with E-state index in [2.05, 4.69) is 0 Å². The average Bonchev–Trinajstić information content (AvgIpc) is 2.92. The summed E-state index contributed by atoms with van der Waals surface area (Å²) in [7, 11) is 0. The van der Waals surface area contributed by atoms with Gasteiger partial charge in [-0.25, -0.2) is 0 Å². The van der Waals surface area contributed by atoms with Crippen LogP contribution in [-0.4, -0.2) is 31.5 Å². The zero-order valence-corrected chi connectivity index (χ0v) is 10.5. The molecule has 2 atom stereocenters. The second kappa shape index (κ2) is 6.85. The summed E-state index contributed by atoms with van der Waals surface area (Å²) in [5, 5.41) is 9.97. The Balaban J connectivity index is 1.74. The van der Waals surface area contributed by atoms with Crippen molar-refractivity contribution in [3.8, 4) is 0 Å². The van der Waals surface area contributed by atoms with Crippen LogP contribution >= 0.6 is 0 Å². The van der Waals surface area contributed by atoms with Crippen molar-refractivity contribution in [3.05, 3.63) is 35.4 Å². The molecular formula is C14H21NO3. The van der Waals surface area contributed by atoms with E-state index in [0.29, 0.717) is 25.7 Å². The second-order valence-electron chi connectivity index (χ2n) is 4.73. The van der Waals surface area contributed by atoms with Crippen molar-refractivity contribution < 1.29 is 14.6 Å². The number of aliphatic hydroxyl groups is 1. The Morgan fingerprint density at radius 2 is 2.17 bits per heavy atom. The van der Waals surface area contributed by atoms with Gasteiger partial charge in [0.1, 0.15) is 6.10 Å². The predicted molar refractivity (Wildman–Crippen MR) is 69.0 cm³/mol. The van der Waals surface area contributed by atoms with Gasteiger partial charge < -0.3 is 20.3 Å². The maximum atomic E-state index is 9.97.